The Morgan fingerprint density at radius 1 is 1.38 bits per heavy atom. The third-order valence-electron chi connectivity index (χ3n) is 3.07. The van der Waals surface area contributed by atoms with E-state index in [9.17, 15) is 13.2 Å². The summed E-state index contributed by atoms with van der Waals surface area (Å²) in [6.07, 6.45) is -2.45. The lowest BCUT2D eigenvalue weighted by molar-refractivity contribution is -0.138. The van der Waals surface area contributed by atoms with Crippen LogP contribution in [0.3, 0.4) is 0 Å². The average Bonchev–Trinajstić information content (AvgIpc) is 2.24. The Hall–Kier alpha value is -0.290. The second kappa shape index (κ2) is 6.45. The van der Waals surface area contributed by atoms with E-state index in [-0.39, 0.29) is 6.54 Å². The van der Waals surface area contributed by atoms with Gasteiger partial charge in [-0.3, -0.25) is 0 Å². The highest BCUT2D eigenvalue weighted by atomic mass is 19.4. The smallest absolute Gasteiger partial charge is 0.316 e. The first kappa shape index (κ1) is 13.8. The van der Waals surface area contributed by atoms with Gasteiger partial charge in [-0.2, -0.15) is 13.2 Å². The zero-order valence-corrected chi connectivity index (χ0v) is 9.82. The van der Waals surface area contributed by atoms with E-state index in [2.05, 4.69) is 5.32 Å². The molecule has 0 bridgehead atoms. The molecule has 1 N–H and O–H groups in total. The number of alkyl halides is 3. The summed E-state index contributed by atoms with van der Waals surface area (Å²) in [5.74, 6) is 0.516. The van der Waals surface area contributed by atoms with Crippen LogP contribution in [0.2, 0.25) is 0 Å². The normalized spacial score (nSPS) is 22.7. The van der Waals surface area contributed by atoms with E-state index < -0.39 is 12.6 Å². The fraction of sp³-hybridized carbons (Fsp3) is 1.00. The summed E-state index contributed by atoms with van der Waals surface area (Å²) in [7, 11) is 0. The van der Waals surface area contributed by atoms with Gasteiger partial charge in [0.25, 0.3) is 0 Å². The quantitative estimate of drug-likeness (QED) is 0.790. The van der Waals surface area contributed by atoms with Crippen LogP contribution >= 0.6 is 0 Å². The van der Waals surface area contributed by atoms with E-state index in [4.69, 9.17) is 0 Å². The maximum Gasteiger partial charge on any atom is 0.390 e. The van der Waals surface area contributed by atoms with Crippen LogP contribution < -0.4 is 5.32 Å². The van der Waals surface area contributed by atoms with Crippen molar-refractivity contribution in [1.82, 2.24) is 10.2 Å². The van der Waals surface area contributed by atoms with E-state index >= 15 is 0 Å². The highest BCUT2D eigenvalue weighted by Crippen LogP contribution is 2.20. The highest BCUT2D eigenvalue weighted by Gasteiger charge is 2.28. The molecule has 16 heavy (non-hydrogen) atoms. The highest BCUT2D eigenvalue weighted by molar-refractivity contribution is 4.73. The van der Waals surface area contributed by atoms with Gasteiger partial charge in [0.05, 0.1) is 6.42 Å². The molecule has 1 unspecified atom stereocenters. The Balaban J connectivity index is 2.25. The molecule has 1 rings (SSSR count). The average molecular weight is 238 g/mol. The molecule has 0 saturated carbocycles. The number of nitrogens with one attached hydrogen (secondary N) is 1. The van der Waals surface area contributed by atoms with Gasteiger partial charge >= 0.3 is 6.18 Å². The fourth-order valence-electron chi connectivity index (χ4n) is 2.11. The monoisotopic (exact) mass is 238 g/mol. The summed E-state index contributed by atoms with van der Waals surface area (Å²) >= 11 is 0. The first-order valence-electron chi connectivity index (χ1n) is 6.01. The molecule has 0 spiro atoms. The Bertz CT molecular complexity index is 188. The molecule has 1 aliphatic heterocycles. The molecule has 0 aromatic carbocycles. The van der Waals surface area contributed by atoms with Gasteiger partial charge in [0.15, 0.2) is 0 Å². The van der Waals surface area contributed by atoms with Gasteiger partial charge in [-0.05, 0) is 38.4 Å². The van der Waals surface area contributed by atoms with Gasteiger partial charge in [-0.15, -0.1) is 0 Å². The lowest BCUT2D eigenvalue weighted by atomic mass is 9.99. The Morgan fingerprint density at radius 3 is 2.62 bits per heavy atom. The number of rotatable bonds is 5. The minimum absolute atomic E-state index is 0.135. The van der Waals surface area contributed by atoms with Gasteiger partial charge in [-0.1, -0.05) is 6.92 Å². The third-order valence-corrected chi connectivity index (χ3v) is 3.07. The van der Waals surface area contributed by atoms with E-state index in [1.54, 1.807) is 0 Å². The van der Waals surface area contributed by atoms with Gasteiger partial charge in [0.1, 0.15) is 0 Å². The molecule has 0 aromatic rings. The lowest BCUT2D eigenvalue weighted by Gasteiger charge is -2.29. The second-order valence-corrected chi connectivity index (χ2v) is 4.47. The van der Waals surface area contributed by atoms with Gasteiger partial charge in [0, 0.05) is 13.1 Å². The third kappa shape index (κ3) is 5.70. The van der Waals surface area contributed by atoms with E-state index in [1.165, 1.54) is 0 Å². The van der Waals surface area contributed by atoms with Crippen molar-refractivity contribution in [3.63, 3.8) is 0 Å². The van der Waals surface area contributed by atoms with Crippen LogP contribution in [0.5, 0.6) is 0 Å². The lowest BCUT2D eigenvalue weighted by Crippen LogP contribution is -2.39. The predicted molar refractivity (Wildman–Crippen MR) is 58.4 cm³/mol. The molecule has 96 valence electrons. The van der Waals surface area contributed by atoms with Crippen molar-refractivity contribution in [2.45, 2.75) is 32.4 Å². The molecular formula is C11H21F3N2. The first-order valence-corrected chi connectivity index (χ1v) is 6.01. The van der Waals surface area contributed by atoms with E-state index in [0.717, 1.165) is 32.5 Å². The van der Waals surface area contributed by atoms with Crippen LogP contribution in [-0.2, 0) is 0 Å². The van der Waals surface area contributed by atoms with Crippen molar-refractivity contribution >= 4 is 0 Å². The van der Waals surface area contributed by atoms with Crippen molar-refractivity contribution < 1.29 is 13.2 Å². The van der Waals surface area contributed by atoms with Crippen LogP contribution in [0, 0.1) is 5.92 Å². The number of hydrogen-bond acceptors (Lipinski definition) is 2. The molecule has 1 aliphatic rings. The summed E-state index contributed by atoms with van der Waals surface area (Å²) in [4.78, 5) is 1.91. The van der Waals surface area contributed by atoms with Crippen molar-refractivity contribution in [2.24, 2.45) is 5.92 Å². The molecule has 2 nitrogen and oxygen atoms in total. The van der Waals surface area contributed by atoms with Crippen LogP contribution in [0.1, 0.15) is 26.2 Å². The van der Waals surface area contributed by atoms with Crippen LogP contribution in [0.15, 0.2) is 0 Å². The summed E-state index contributed by atoms with van der Waals surface area (Å²) in [6, 6.07) is 0. The SMILES string of the molecule is CCN(CCC(F)(F)F)CC1CCCNC1. The summed E-state index contributed by atoms with van der Waals surface area (Å²) in [6.45, 7) is 5.54. The first-order chi connectivity index (χ1) is 7.51. The number of piperidine rings is 1. The fourth-order valence-corrected chi connectivity index (χ4v) is 2.11. The molecular weight excluding hydrogens is 217 g/mol. The van der Waals surface area contributed by atoms with Crippen molar-refractivity contribution in [3.8, 4) is 0 Å². The molecule has 5 heteroatoms. The Labute approximate surface area is 95.2 Å². The zero-order valence-electron chi connectivity index (χ0n) is 9.82. The minimum Gasteiger partial charge on any atom is -0.316 e. The summed E-state index contributed by atoms with van der Waals surface area (Å²) < 4.78 is 36.3. The molecule has 0 amide bonds. The molecule has 1 saturated heterocycles. The predicted octanol–water partition coefficient (Wildman–Crippen LogP) is 2.26. The minimum atomic E-state index is -4.03. The van der Waals surface area contributed by atoms with Crippen LogP contribution in [-0.4, -0.2) is 43.8 Å². The van der Waals surface area contributed by atoms with Crippen LogP contribution in [0.4, 0.5) is 13.2 Å². The topological polar surface area (TPSA) is 15.3 Å². The molecule has 0 radical (unpaired) electrons. The largest absolute Gasteiger partial charge is 0.390 e. The van der Waals surface area contributed by atoms with Gasteiger partial charge in [0.2, 0.25) is 0 Å². The molecule has 1 fully saturated rings. The van der Waals surface area contributed by atoms with E-state index in [0.29, 0.717) is 12.5 Å². The zero-order chi connectivity index (χ0) is 12.0. The Morgan fingerprint density at radius 2 is 2.12 bits per heavy atom. The number of hydrogen-bond donors (Lipinski definition) is 1. The molecule has 0 aromatic heterocycles. The summed E-state index contributed by atoms with van der Waals surface area (Å²) in [5, 5.41) is 3.29. The van der Waals surface area contributed by atoms with Crippen molar-refractivity contribution in [1.29, 1.82) is 0 Å². The molecule has 0 aliphatic carbocycles. The number of halogens is 3. The summed E-state index contributed by atoms with van der Waals surface area (Å²) in [5.41, 5.74) is 0. The van der Waals surface area contributed by atoms with Gasteiger partial charge in [-0.25, -0.2) is 0 Å². The molecule has 1 heterocycles. The van der Waals surface area contributed by atoms with Gasteiger partial charge < -0.3 is 10.2 Å². The van der Waals surface area contributed by atoms with Crippen molar-refractivity contribution in [3.05, 3.63) is 0 Å². The van der Waals surface area contributed by atoms with Crippen molar-refractivity contribution in [2.75, 3.05) is 32.7 Å². The molecule has 1 atom stereocenters. The van der Waals surface area contributed by atoms with E-state index in [1.807, 2.05) is 11.8 Å². The maximum absolute atomic E-state index is 12.1. The second-order valence-electron chi connectivity index (χ2n) is 4.47. The maximum atomic E-state index is 12.1. The standard InChI is InChI=1S/C11H21F3N2/c1-2-16(7-5-11(12,13)14)9-10-4-3-6-15-8-10/h10,15H,2-9H2,1H3. The van der Waals surface area contributed by atoms with Crippen LogP contribution in [0.25, 0.3) is 0 Å². The number of nitrogens with zero attached hydrogens (tertiary/aromatic N) is 1. The Kier molecular flexibility index (Phi) is 5.55.